The lowest BCUT2D eigenvalue weighted by Gasteiger charge is -2.18. The van der Waals surface area contributed by atoms with Crippen molar-refractivity contribution in [3.8, 4) is 11.5 Å². The van der Waals surface area contributed by atoms with E-state index in [1.807, 2.05) is 0 Å². The highest BCUT2D eigenvalue weighted by molar-refractivity contribution is 7.89. The highest BCUT2D eigenvalue weighted by Crippen LogP contribution is 2.23. The predicted octanol–water partition coefficient (Wildman–Crippen LogP) is 2.73. The zero-order valence-electron chi connectivity index (χ0n) is 16.7. The fourth-order valence-electron chi connectivity index (χ4n) is 2.52. The van der Waals surface area contributed by atoms with Gasteiger partial charge in [-0.15, -0.1) is 0 Å². The van der Waals surface area contributed by atoms with Crippen molar-refractivity contribution in [2.45, 2.75) is 31.7 Å². The van der Waals surface area contributed by atoms with E-state index < -0.39 is 10.0 Å². The van der Waals surface area contributed by atoms with Crippen LogP contribution in [0.5, 0.6) is 11.5 Å². The second-order valence-corrected chi connectivity index (χ2v) is 8.36. The van der Waals surface area contributed by atoms with E-state index in [2.05, 4.69) is 4.72 Å². The number of hydrogen-bond acceptors (Lipinski definition) is 5. The number of nitrogens with one attached hydrogen (secondary N) is 1. The van der Waals surface area contributed by atoms with Crippen LogP contribution in [0.4, 0.5) is 5.69 Å². The van der Waals surface area contributed by atoms with Crippen molar-refractivity contribution < 1.29 is 22.7 Å². The summed E-state index contributed by atoms with van der Waals surface area (Å²) < 4.78 is 37.7. The Balaban J connectivity index is 2.04. The number of carbonyl (C=O) groups is 1. The zero-order chi connectivity index (χ0) is 20.9. The molecule has 0 atom stereocenters. The maximum Gasteiger partial charge on any atom is 0.264 e. The lowest BCUT2D eigenvalue weighted by molar-refractivity contribution is -0.120. The second kappa shape index (κ2) is 9.07. The minimum atomic E-state index is -3.58. The molecule has 0 aromatic heterocycles. The number of methoxy groups -OCH3 is 1. The summed E-state index contributed by atoms with van der Waals surface area (Å²) in [5, 5.41) is 0. The van der Waals surface area contributed by atoms with Gasteiger partial charge in [-0.2, -0.15) is 0 Å². The highest BCUT2D eigenvalue weighted by Gasteiger charge is 2.17. The SMILES string of the molecule is COc1ccc(N(C)C(=O)COc2ccc(S(=O)(=O)NC(C)C)cc2C)cc1. The summed E-state index contributed by atoms with van der Waals surface area (Å²) in [5.41, 5.74) is 1.35. The molecule has 28 heavy (non-hydrogen) atoms. The van der Waals surface area contributed by atoms with E-state index in [9.17, 15) is 13.2 Å². The monoisotopic (exact) mass is 406 g/mol. The molecule has 0 aliphatic rings. The van der Waals surface area contributed by atoms with Gasteiger partial charge >= 0.3 is 0 Å². The number of hydrogen-bond donors (Lipinski definition) is 1. The summed E-state index contributed by atoms with van der Waals surface area (Å²) in [4.78, 5) is 14.0. The number of carbonyl (C=O) groups excluding carboxylic acids is 1. The van der Waals surface area contributed by atoms with Crippen molar-refractivity contribution >= 4 is 21.6 Å². The van der Waals surface area contributed by atoms with Gasteiger partial charge < -0.3 is 14.4 Å². The van der Waals surface area contributed by atoms with Gasteiger partial charge in [-0.3, -0.25) is 4.79 Å². The van der Waals surface area contributed by atoms with Crippen LogP contribution in [0.25, 0.3) is 0 Å². The van der Waals surface area contributed by atoms with Gasteiger partial charge in [0.1, 0.15) is 11.5 Å². The summed E-state index contributed by atoms with van der Waals surface area (Å²) in [6, 6.07) is 11.5. The van der Waals surface area contributed by atoms with Crippen LogP contribution >= 0.6 is 0 Å². The fourth-order valence-corrected chi connectivity index (χ4v) is 3.85. The minimum Gasteiger partial charge on any atom is -0.497 e. The molecule has 1 N–H and O–H groups in total. The highest BCUT2D eigenvalue weighted by atomic mass is 32.2. The third-order valence-corrected chi connectivity index (χ3v) is 5.69. The maximum atomic E-state index is 12.4. The van der Waals surface area contributed by atoms with Crippen LogP contribution in [0.1, 0.15) is 19.4 Å². The Labute approximate surface area is 166 Å². The van der Waals surface area contributed by atoms with Crippen molar-refractivity contribution in [1.29, 1.82) is 0 Å². The first kappa shape index (κ1) is 21.7. The van der Waals surface area contributed by atoms with Gasteiger partial charge in [-0.05, 0) is 68.8 Å². The summed E-state index contributed by atoms with van der Waals surface area (Å²) in [5.74, 6) is 0.932. The summed E-state index contributed by atoms with van der Waals surface area (Å²) in [6.45, 7) is 5.08. The Morgan fingerprint density at radius 1 is 1.14 bits per heavy atom. The summed E-state index contributed by atoms with van der Waals surface area (Å²) >= 11 is 0. The van der Waals surface area contributed by atoms with E-state index in [1.54, 1.807) is 65.3 Å². The predicted molar refractivity (Wildman–Crippen MR) is 109 cm³/mol. The van der Waals surface area contributed by atoms with Crippen LogP contribution in [0.3, 0.4) is 0 Å². The van der Waals surface area contributed by atoms with Crippen LogP contribution in [0, 0.1) is 6.92 Å². The molecule has 0 saturated heterocycles. The molecule has 2 rings (SSSR count). The number of sulfonamides is 1. The quantitative estimate of drug-likeness (QED) is 0.729. The Kier molecular flexibility index (Phi) is 7.04. The number of ether oxygens (including phenoxy) is 2. The van der Waals surface area contributed by atoms with Crippen molar-refractivity contribution in [2.24, 2.45) is 0 Å². The second-order valence-electron chi connectivity index (χ2n) is 6.64. The van der Waals surface area contributed by atoms with Crippen molar-refractivity contribution in [3.05, 3.63) is 48.0 Å². The largest absolute Gasteiger partial charge is 0.497 e. The van der Waals surface area contributed by atoms with Gasteiger partial charge in [0.2, 0.25) is 10.0 Å². The minimum absolute atomic E-state index is 0.160. The van der Waals surface area contributed by atoms with Crippen molar-refractivity contribution in [3.63, 3.8) is 0 Å². The van der Waals surface area contributed by atoms with Gasteiger partial charge in [0.15, 0.2) is 6.61 Å². The smallest absolute Gasteiger partial charge is 0.264 e. The van der Waals surface area contributed by atoms with Crippen molar-refractivity contribution in [2.75, 3.05) is 25.7 Å². The molecule has 0 unspecified atom stereocenters. The third kappa shape index (κ3) is 5.46. The van der Waals surface area contributed by atoms with E-state index in [0.717, 1.165) is 0 Å². The van der Waals surface area contributed by atoms with Gasteiger partial charge in [0.25, 0.3) is 5.91 Å². The molecular formula is C20H26N2O5S. The first-order chi connectivity index (χ1) is 13.1. The lowest BCUT2D eigenvalue weighted by atomic mass is 10.2. The maximum absolute atomic E-state index is 12.4. The van der Waals surface area contributed by atoms with E-state index >= 15 is 0 Å². The molecule has 2 aromatic rings. The average Bonchev–Trinajstić information content (AvgIpc) is 2.65. The summed E-state index contributed by atoms with van der Waals surface area (Å²) in [6.07, 6.45) is 0. The molecule has 0 spiro atoms. The molecule has 0 heterocycles. The van der Waals surface area contributed by atoms with Gasteiger partial charge in [0.05, 0.1) is 12.0 Å². The molecule has 0 aliphatic heterocycles. The number of nitrogens with zero attached hydrogens (tertiary/aromatic N) is 1. The third-order valence-electron chi connectivity index (χ3n) is 4.03. The Morgan fingerprint density at radius 3 is 2.32 bits per heavy atom. The average molecular weight is 407 g/mol. The molecule has 152 valence electrons. The van der Waals surface area contributed by atoms with Crippen LogP contribution in [-0.2, 0) is 14.8 Å². The Hall–Kier alpha value is -2.58. The lowest BCUT2D eigenvalue weighted by Crippen LogP contribution is -2.31. The number of aryl methyl sites for hydroxylation is 1. The summed E-state index contributed by atoms with van der Waals surface area (Å²) in [7, 11) is -0.337. The molecule has 0 saturated carbocycles. The topological polar surface area (TPSA) is 84.9 Å². The molecule has 0 bridgehead atoms. The number of amides is 1. The molecule has 0 fully saturated rings. The normalized spacial score (nSPS) is 11.4. The van der Waals surface area contributed by atoms with Gasteiger partial charge in [-0.1, -0.05) is 0 Å². The fraction of sp³-hybridized carbons (Fsp3) is 0.350. The van der Waals surface area contributed by atoms with Crippen LogP contribution in [0.2, 0.25) is 0 Å². The van der Waals surface area contributed by atoms with Crippen LogP contribution < -0.4 is 19.1 Å². The van der Waals surface area contributed by atoms with E-state index in [-0.39, 0.29) is 23.5 Å². The Bertz CT molecular complexity index is 924. The standard InChI is InChI=1S/C20H26N2O5S/c1-14(2)21-28(24,25)18-10-11-19(15(3)12-18)27-13-20(23)22(4)16-6-8-17(26-5)9-7-16/h6-12,14,21H,13H2,1-5H3. The first-order valence-corrected chi connectivity index (χ1v) is 10.3. The van der Waals surface area contributed by atoms with Crippen LogP contribution in [-0.4, -0.2) is 41.1 Å². The van der Waals surface area contributed by atoms with E-state index in [4.69, 9.17) is 9.47 Å². The molecule has 7 nitrogen and oxygen atoms in total. The molecular weight excluding hydrogens is 380 g/mol. The van der Waals surface area contributed by atoms with E-state index in [1.165, 1.54) is 17.0 Å². The molecule has 0 radical (unpaired) electrons. The number of likely N-dealkylation sites (N-methyl/N-ethyl adjacent to an activating group) is 1. The van der Waals surface area contributed by atoms with Gasteiger partial charge in [-0.25, -0.2) is 13.1 Å². The van der Waals surface area contributed by atoms with Gasteiger partial charge in [0, 0.05) is 18.8 Å². The van der Waals surface area contributed by atoms with Crippen molar-refractivity contribution in [1.82, 2.24) is 4.72 Å². The number of benzene rings is 2. The molecule has 8 heteroatoms. The Morgan fingerprint density at radius 2 is 1.79 bits per heavy atom. The van der Waals surface area contributed by atoms with E-state index in [0.29, 0.717) is 22.7 Å². The molecule has 2 aromatic carbocycles. The molecule has 0 aliphatic carbocycles. The number of rotatable bonds is 8. The zero-order valence-corrected chi connectivity index (χ0v) is 17.5. The number of anilines is 1. The first-order valence-electron chi connectivity index (χ1n) is 8.80. The van der Waals surface area contributed by atoms with Crippen LogP contribution in [0.15, 0.2) is 47.4 Å². The molecule has 1 amide bonds.